The van der Waals surface area contributed by atoms with Crippen molar-refractivity contribution >= 4 is 15.9 Å². The zero-order valence-corrected chi connectivity index (χ0v) is 10.7. The van der Waals surface area contributed by atoms with E-state index in [4.69, 9.17) is 5.11 Å². The first kappa shape index (κ1) is 11.3. The SMILES string of the molecule is Cc1cc(Br)ccc1-c1nnc(CO)n1C. The van der Waals surface area contributed by atoms with Crippen LogP contribution in [-0.2, 0) is 13.7 Å². The largest absolute Gasteiger partial charge is 0.388 e. The summed E-state index contributed by atoms with van der Waals surface area (Å²) in [6.45, 7) is 1.92. The highest BCUT2D eigenvalue weighted by Crippen LogP contribution is 2.24. The fraction of sp³-hybridized carbons (Fsp3) is 0.273. The Hall–Kier alpha value is -1.20. The molecule has 5 heteroatoms. The van der Waals surface area contributed by atoms with Crippen molar-refractivity contribution in [3.05, 3.63) is 34.1 Å². The summed E-state index contributed by atoms with van der Waals surface area (Å²) >= 11 is 3.42. The number of halogens is 1. The molecular formula is C11H12BrN3O. The highest BCUT2D eigenvalue weighted by Gasteiger charge is 2.11. The van der Waals surface area contributed by atoms with Gasteiger partial charge in [0.2, 0.25) is 0 Å². The Kier molecular flexibility index (Phi) is 3.07. The minimum Gasteiger partial charge on any atom is -0.388 e. The van der Waals surface area contributed by atoms with Gasteiger partial charge in [0.05, 0.1) is 0 Å². The molecule has 0 unspecified atom stereocenters. The molecule has 0 atom stereocenters. The van der Waals surface area contributed by atoms with E-state index in [-0.39, 0.29) is 6.61 Å². The van der Waals surface area contributed by atoms with Gasteiger partial charge in [-0.3, -0.25) is 0 Å². The number of hydrogen-bond donors (Lipinski definition) is 1. The highest BCUT2D eigenvalue weighted by molar-refractivity contribution is 9.10. The van der Waals surface area contributed by atoms with E-state index < -0.39 is 0 Å². The lowest BCUT2D eigenvalue weighted by Crippen LogP contribution is -1.99. The molecule has 0 aliphatic heterocycles. The fourth-order valence-corrected chi connectivity index (χ4v) is 2.09. The van der Waals surface area contributed by atoms with Gasteiger partial charge in [0.25, 0.3) is 0 Å². The summed E-state index contributed by atoms with van der Waals surface area (Å²) in [5.74, 6) is 1.34. The molecule has 84 valence electrons. The van der Waals surface area contributed by atoms with Crippen molar-refractivity contribution < 1.29 is 5.11 Å². The summed E-state index contributed by atoms with van der Waals surface area (Å²) in [7, 11) is 1.85. The van der Waals surface area contributed by atoms with Crippen molar-refractivity contribution in [3.8, 4) is 11.4 Å². The van der Waals surface area contributed by atoms with E-state index >= 15 is 0 Å². The van der Waals surface area contributed by atoms with Gasteiger partial charge in [-0.05, 0) is 30.7 Å². The quantitative estimate of drug-likeness (QED) is 0.917. The molecule has 2 aromatic rings. The number of aliphatic hydroxyl groups excluding tert-OH is 1. The molecule has 2 rings (SSSR count). The van der Waals surface area contributed by atoms with Crippen LogP contribution < -0.4 is 0 Å². The number of aliphatic hydroxyl groups is 1. The van der Waals surface area contributed by atoms with Gasteiger partial charge in [-0.1, -0.05) is 15.9 Å². The molecular weight excluding hydrogens is 270 g/mol. The molecule has 0 fully saturated rings. The number of rotatable bonds is 2. The monoisotopic (exact) mass is 281 g/mol. The summed E-state index contributed by atoms with van der Waals surface area (Å²) in [5.41, 5.74) is 2.15. The average molecular weight is 282 g/mol. The van der Waals surface area contributed by atoms with E-state index in [0.717, 1.165) is 21.4 Å². The molecule has 0 spiro atoms. The van der Waals surface area contributed by atoms with Crippen molar-refractivity contribution in [1.29, 1.82) is 0 Å². The smallest absolute Gasteiger partial charge is 0.164 e. The van der Waals surface area contributed by atoms with Crippen LogP contribution in [0.1, 0.15) is 11.4 Å². The van der Waals surface area contributed by atoms with Crippen LogP contribution in [0.4, 0.5) is 0 Å². The maximum atomic E-state index is 9.06. The van der Waals surface area contributed by atoms with E-state index in [1.165, 1.54) is 0 Å². The number of aryl methyl sites for hydroxylation is 1. The Morgan fingerprint density at radius 1 is 1.38 bits per heavy atom. The third kappa shape index (κ3) is 1.88. The molecule has 16 heavy (non-hydrogen) atoms. The first-order valence-electron chi connectivity index (χ1n) is 4.89. The van der Waals surface area contributed by atoms with Crippen molar-refractivity contribution in [1.82, 2.24) is 14.8 Å². The third-order valence-corrected chi connectivity index (χ3v) is 3.03. The standard InChI is InChI=1S/C11H12BrN3O/c1-7-5-8(12)3-4-9(7)11-14-13-10(6-16)15(11)2/h3-5,16H,6H2,1-2H3. The second kappa shape index (κ2) is 4.35. The number of benzene rings is 1. The lowest BCUT2D eigenvalue weighted by Gasteiger charge is -2.06. The van der Waals surface area contributed by atoms with Gasteiger partial charge in [0, 0.05) is 17.1 Å². The lowest BCUT2D eigenvalue weighted by atomic mass is 10.1. The van der Waals surface area contributed by atoms with Gasteiger partial charge < -0.3 is 9.67 Å². The summed E-state index contributed by atoms with van der Waals surface area (Å²) in [6.07, 6.45) is 0. The van der Waals surface area contributed by atoms with Crippen LogP contribution in [0, 0.1) is 6.92 Å². The third-order valence-electron chi connectivity index (χ3n) is 2.54. The molecule has 1 aromatic heterocycles. The normalized spacial score (nSPS) is 10.8. The van der Waals surface area contributed by atoms with Gasteiger partial charge in [-0.2, -0.15) is 0 Å². The zero-order chi connectivity index (χ0) is 11.7. The number of nitrogens with zero attached hydrogens (tertiary/aromatic N) is 3. The van der Waals surface area contributed by atoms with Gasteiger partial charge in [-0.25, -0.2) is 0 Å². The zero-order valence-electron chi connectivity index (χ0n) is 9.11. The summed E-state index contributed by atoms with van der Waals surface area (Å²) in [4.78, 5) is 0. The van der Waals surface area contributed by atoms with Gasteiger partial charge >= 0.3 is 0 Å². The van der Waals surface area contributed by atoms with Crippen LogP contribution in [0.2, 0.25) is 0 Å². The predicted octanol–water partition coefficient (Wildman–Crippen LogP) is 2.05. The predicted molar refractivity (Wildman–Crippen MR) is 64.8 cm³/mol. The second-order valence-electron chi connectivity index (χ2n) is 3.62. The Balaban J connectivity index is 2.54. The minimum atomic E-state index is -0.0981. The molecule has 0 amide bonds. The maximum absolute atomic E-state index is 9.06. The van der Waals surface area contributed by atoms with Crippen LogP contribution in [0.3, 0.4) is 0 Å². The molecule has 0 aliphatic carbocycles. The van der Waals surface area contributed by atoms with Crippen LogP contribution >= 0.6 is 15.9 Å². The molecule has 1 heterocycles. The van der Waals surface area contributed by atoms with Crippen molar-refractivity contribution in [2.24, 2.45) is 7.05 Å². The molecule has 1 N–H and O–H groups in total. The van der Waals surface area contributed by atoms with Crippen LogP contribution in [0.25, 0.3) is 11.4 Å². The average Bonchev–Trinajstić information content (AvgIpc) is 2.60. The van der Waals surface area contributed by atoms with Gasteiger partial charge in [-0.15, -0.1) is 10.2 Å². The summed E-state index contributed by atoms with van der Waals surface area (Å²) in [6, 6.07) is 5.99. The van der Waals surface area contributed by atoms with Crippen molar-refractivity contribution in [2.45, 2.75) is 13.5 Å². The Bertz CT molecular complexity index is 522. The van der Waals surface area contributed by atoms with E-state index in [9.17, 15) is 0 Å². The van der Waals surface area contributed by atoms with E-state index in [2.05, 4.69) is 26.1 Å². The second-order valence-corrected chi connectivity index (χ2v) is 4.53. The molecule has 0 saturated heterocycles. The van der Waals surface area contributed by atoms with E-state index in [0.29, 0.717) is 5.82 Å². The summed E-state index contributed by atoms with van der Waals surface area (Å²) < 4.78 is 2.84. The Morgan fingerprint density at radius 3 is 2.69 bits per heavy atom. The molecule has 4 nitrogen and oxygen atoms in total. The van der Waals surface area contributed by atoms with Gasteiger partial charge in [0.1, 0.15) is 6.61 Å². The molecule has 0 bridgehead atoms. The lowest BCUT2D eigenvalue weighted by molar-refractivity contribution is 0.267. The minimum absolute atomic E-state index is 0.0981. The molecule has 0 aliphatic rings. The van der Waals surface area contributed by atoms with Crippen LogP contribution in [0.15, 0.2) is 22.7 Å². The maximum Gasteiger partial charge on any atom is 0.164 e. The highest BCUT2D eigenvalue weighted by atomic mass is 79.9. The molecule has 0 saturated carbocycles. The van der Waals surface area contributed by atoms with Crippen LogP contribution in [0.5, 0.6) is 0 Å². The number of hydrogen-bond acceptors (Lipinski definition) is 3. The topological polar surface area (TPSA) is 50.9 Å². The molecule has 0 radical (unpaired) electrons. The number of aromatic nitrogens is 3. The summed E-state index contributed by atoms with van der Waals surface area (Å²) in [5, 5.41) is 17.1. The van der Waals surface area contributed by atoms with Gasteiger partial charge in [0.15, 0.2) is 11.6 Å². The molecule has 1 aromatic carbocycles. The first-order chi connectivity index (χ1) is 7.63. The van der Waals surface area contributed by atoms with E-state index in [1.54, 1.807) is 4.57 Å². The first-order valence-corrected chi connectivity index (χ1v) is 5.68. The van der Waals surface area contributed by atoms with Crippen molar-refractivity contribution in [3.63, 3.8) is 0 Å². The van der Waals surface area contributed by atoms with E-state index in [1.807, 2.05) is 32.2 Å². The Labute approximate surface area is 102 Å². The fourth-order valence-electron chi connectivity index (χ4n) is 1.61. The van der Waals surface area contributed by atoms with Crippen LogP contribution in [-0.4, -0.2) is 19.9 Å². The Morgan fingerprint density at radius 2 is 2.12 bits per heavy atom. The van der Waals surface area contributed by atoms with Crippen molar-refractivity contribution in [2.75, 3.05) is 0 Å².